The van der Waals surface area contributed by atoms with Crippen LogP contribution in [0.25, 0.3) is 0 Å². The largest absolute Gasteiger partial charge is 0.378 e. The molecule has 0 aromatic heterocycles. The Labute approximate surface area is 189 Å². The van der Waals surface area contributed by atoms with Gasteiger partial charge in [-0.2, -0.15) is 0 Å². The van der Waals surface area contributed by atoms with Gasteiger partial charge in [0.25, 0.3) is 0 Å². The number of halogens is 2. The summed E-state index contributed by atoms with van der Waals surface area (Å²) in [6, 6.07) is 15.2. The summed E-state index contributed by atoms with van der Waals surface area (Å²) in [6.07, 6.45) is 0.818. The zero-order chi connectivity index (χ0) is 19.6. The number of guanidine groups is 1. The fraction of sp³-hybridized carbons (Fsp3) is 0.409. The summed E-state index contributed by atoms with van der Waals surface area (Å²) in [5.74, 6) is 0.591. The number of anilines is 1. The van der Waals surface area contributed by atoms with Crippen molar-refractivity contribution in [3.63, 3.8) is 0 Å². The number of ether oxygens (including phenoxy) is 1. The second-order valence-electron chi connectivity index (χ2n) is 6.76. The minimum absolute atomic E-state index is 0. The van der Waals surface area contributed by atoms with E-state index in [1.807, 2.05) is 19.1 Å². The van der Waals surface area contributed by atoms with Crippen molar-refractivity contribution in [2.75, 3.05) is 44.3 Å². The molecule has 1 saturated heterocycles. The highest BCUT2D eigenvalue weighted by Crippen LogP contribution is 2.17. The van der Waals surface area contributed by atoms with Gasteiger partial charge in [0, 0.05) is 31.9 Å². The highest BCUT2D eigenvalue weighted by atomic mass is 127. The molecule has 1 aliphatic heterocycles. The van der Waals surface area contributed by atoms with Gasteiger partial charge in [-0.3, -0.25) is 0 Å². The summed E-state index contributed by atoms with van der Waals surface area (Å²) in [6.45, 7) is 7.69. The molecule has 0 spiro atoms. The van der Waals surface area contributed by atoms with E-state index in [1.54, 1.807) is 0 Å². The van der Waals surface area contributed by atoms with Crippen LogP contribution in [0.5, 0.6) is 0 Å². The lowest BCUT2D eigenvalue weighted by Gasteiger charge is -2.28. The lowest BCUT2D eigenvalue weighted by molar-refractivity contribution is 0.122. The van der Waals surface area contributed by atoms with Crippen LogP contribution in [-0.2, 0) is 17.7 Å². The van der Waals surface area contributed by atoms with Crippen molar-refractivity contribution >= 4 is 35.6 Å². The van der Waals surface area contributed by atoms with Crippen molar-refractivity contribution in [3.8, 4) is 0 Å². The first-order valence-electron chi connectivity index (χ1n) is 9.93. The van der Waals surface area contributed by atoms with Gasteiger partial charge in [0.2, 0.25) is 0 Å². The summed E-state index contributed by atoms with van der Waals surface area (Å²) in [5.41, 5.74) is 3.51. The van der Waals surface area contributed by atoms with Crippen LogP contribution < -0.4 is 15.5 Å². The number of benzene rings is 2. The van der Waals surface area contributed by atoms with Crippen molar-refractivity contribution in [1.29, 1.82) is 0 Å². The van der Waals surface area contributed by atoms with Gasteiger partial charge in [-0.05, 0) is 48.7 Å². The van der Waals surface area contributed by atoms with E-state index in [1.165, 1.54) is 23.4 Å². The molecule has 7 heteroatoms. The summed E-state index contributed by atoms with van der Waals surface area (Å²) >= 11 is 0. The maximum Gasteiger partial charge on any atom is 0.191 e. The molecule has 0 amide bonds. The molecule has 158 valence electrons. The topological polar surface area (TPSA) is 48.9 Å². The predicted molar refractivity (Wildman–Crippen MR) is 128 cm³/mol. The molecule has 3 rings (SSSR count). The lowest BCUT2D eigenvalue weighted by atomic mass is 10.1. The van der Waals surface area contributed by atoms with Crippen LogP contribution >= 0.6 is 24.0 Å². The molecule has 2 aromatic carbocycles. The molecule has 0 radical (unpaired) electrons. The molecule has 2 aromatic rings. The van der Waals surface area contributed by atoms with Gasteiger partial charge in [0.15, 0.2) is 5.96 Å². The average molecular weight is 512 g/mol. The lowest BCUT2D eigenvalue weighted by Crippen LogP contribution is -2.38. The summed E-state index contributed by atoms with van der Waals surface area (Å²) in [7, 11) is 0. The molecule has 1 heterocycles. The Morgan fingerprint density at radius 3 is 2.31 bits per heavy atom. The number of hydrogen-bond donors (Lipinski definition) is 2. The number of nitrogens with one attached hydrogen (secondary N) is 2. The van der Waals surface area contributed by atoms with Crippen molar-refractivity contribution in [3.05, 3.63) is 65.5 Å². The molecule has 1 aliphatic rings. The Morgan fingerprint density at radius 2 is 1.66 bits per heavy atom. The molecular weight excluding hydrogens is 482 g/mol. The van der Waals surface area contributed by atoms with E-state index < -0.39 is 0 Å². The third-order valence-electron chi connectivity index (χ3n) is 4.70. The molecule has 0 saturated carbocycles. The SMILES string of the molecule is CCNC(=NCc1ccc(N2CCOCC2)cc1)NCCc1ccc(F)cc1.I. The van der Waals surface area contributed by atoms with Crippen molar-refractivity contribution in [1.82, 2.24) is 10.6 Å². The Hall–Kier alpha value is -1.87. The van der Waals surface area contributed by atoms with Gasteiger partial charge in [0.05, 0.1) is 19.8 Å². The Kier molecular flexibility index (Phi) is 10.2. The minimum Gasteiger partial charge on any atom is -0.378 e. The molecule has 2 N–H and O–H groups in total. The number of hydrogen-bond acceptors (Lipinski definition) is 3. The van der Waals surface area contributed by atoms with E-state index in [4.69, 9.17) is 4.74 Å². The normalized spacial score (nSPS) is 14.3. The fourth-order valence-electron chi connectivity index (χ4n) is 3.12. The third-order valence-corrected chi connectivity index (χ3v) is 4.70. The summed E-state index contributed by atoms with van der Waals surface area (Å²) < 4.78 is 18.4. The predicted octanol–water partition coefficient (Wildman–Crippen LogP) is 3.58. The maximum atomic E-state index is 13.0. The number of aliphatic imine (C=N–C) groups is 1. The van der Waals surface area contributed by atoms with Crippen LogP contribution in [0.1, 0.15) is 18.1 Å². The quantitative estimate of drug-likeness (QED) is 0.339. The van der Waals surface area contributed by atoms with E-state index in [9.17, 15) is 4.39 Å². The summed E-state index contributed by atoms with van der Waals surface area (Å²) in [4.78, 5) is 7.02. The molecule has 0 atom stereocenters. The average Bonchev–Trinajstić information content (AvgIpc) is 2.74. The smallest absolute Gasteiger partial charge is 0.191 e. The second kappa shape index (κ2) is 12.6. The molecule has 5 nitrogen and oxygen atoms in total. The Morgan fingerprint density at radius 1 is 1.00 bits per heavy atom. The van der Waals surface area contributed by atoms with Gasteiger partial charge in [-0.25, -0.2) is 9.38 Å². The Balaban J connectivity index is 0.00000300. The van der Waals surface area contributed by atoms with Gasteiger partial charge in [-0.15, -0.1) is 24.0 Å². The van der Waals surface area contributed by atoms with Crippen molar-refractivity contribution in [2.24, 2.45) is 4.99 Å². The van der Waals surface area contributed by atoms with Crippen molar-refractivity contribution < 1.29 is 9.13 Å². The Bertz CT molecular complexity index is 746. The van der Waals surface area contributed by atoms with E-state index in [-0.39, 0.29) is 29.8 Å². The third kappa shape index (κ3) is 7.81. The minimum atomic E-state index is -0.203. The van der Waals surface area contributed by atoms with E-state index in [0.29, 0.717) is 6.54 Å². The number of rotatable bonds is 7. The second-order valence-corrected chi connectivity index (χ2v) is 6.76. The molecule has 0 bridgehead atoms. The van der Waals surface area contributed by atoms with E-state index in [2.05, 4.69) is 44.8 Å². The van der Waals surface area contributed by atoms with Gasteiger partial charge >= 0.3 is 0 Å². The molecule has 0 unspecified atom stereocenters. The van der Waals surface area contributed by atoms with Crippen LogP contribution in [0.3, 0.4) is 0 Å². The number of nitrogens with zero attached hydrogens (tertiary/aromatic N) is 2. The van der Waals surface area contributed by atoms with Crippen LogP contribution in [-0.4, -0.2) is 45.4 Å². The monoisotopic (exact) mass is 512 g/mol. The van der Waals surface area contributed by atoms with Crippen LogP contribution in [0, 0.1) is 5.82 Å². The van der Waals surface area contributed by atoms with Crippen molar-refractivity contribution in [2.45, 2.75) is 19.9 Å². The van der Waals surface area contributed by atoms with Gasteiger partial charge in [0.1, 0.15) is 5.82 Å². The van der Waals surface area contributed by atoms with Gasteiger partial charge < -0.3 is 20.3 Å². The maximum absolute atomic E-state index is 13.0. The molecular formula is C22H30FIN4O. The van der Waals surface area contributed by atoms with Crippen LogP contribution in [0.2, 0.25) is 0 Å². The summed E-state index contributed by atoms with van der Waals surface area (Å²) in [5, 5.41) is 6.61. The number of morpholine rings is 1. The molecule has 0 aliphatic carbocycles. The van der Waals surface area contributed by atoms with Crippen LogP contribution in [0.15, 0.2) is 53.5 Å². The zero-order valence-electron chi connectivity index (χ0n) is 16.9. The fourth-order valence-corrected chi connectivity index (χ4v) is 3.12. The zero-order valence-corrected chi connectivity index (χ0v) is 19.2. The van der Waals surface area contributed by atoms with Gasteiger partial charge in [-0.1, -0.05) is 24.3 Å². The van der Waals surface area contributed by atoms with E-state index >= 15 is 0 Å². The molecule has 29 heavy (non-hydrogen) atoms. The standard InChI is InChI=1S/C22H29FN4O.HI/c1-2-24-22(25-12-11-18-3-7-20(23)8-4-18)26-17-19-5-9-21(10-6-19)27-13-15-28-16-14-27;/h3-10H,2,11-17H2,1H3,(H2,24,25,26);1H. The molecule has 1 fully saturated rings. The highest BCUT2D eigenvalue weighted by molar-refractivity contribution is 14.0. The first-order valence-corrected chi connectivity index (χ1v) is 9.93. The van der Waals surface area contributed by atoms with Crippen LogP contribution in [0.4, 0.5) is 10.1 Å². The highest BCUT2D eigenvalue weighted by Gasteiger charge is 2.10. The first kappa shape index (κ1) is 23.4. The van der Waals surface area contributed by atoms with E-state index in [0.717, 1.165) is 57.3 Å². The first-order chi connectivity index (χ1) is 13.7.